The van der Waals surface area contributed by atoms with Crippen LogP contribution in [0.15, 0.2) is 30.5 Å². The van der Waals surface area contributed by atoms with E-state index < -0.39 is 0 Å². The molecule has 6 heteroatoms. The van der Waals surface area contributed by atoms with Crippen LogP contribution in [-0.2, 0) is 11.2 Å². The van der Waals surface area contributed by atoms with Crippen molar-refractivity contribution in [3.05, 3.63) is 46.7 Å². The molecule has 2 aliphatic rings. The van der Waals surface area contributed by atoms with E-state index in [9.17, 15) is 4.79 Å². The first-order valence-electron chi connectivity index (χ1n) is 9.76. The highest BCUT2D eigenvalue weighted by Gasteiger charge is 2.31. The van der Waals surface area contributed by atoms with Crippen LogP contribution in [0.25, 0.3) is 0 Å². The number of aryl methyl sites for hydroxylation is 2. The van der Waals surface area contributed by atoms with E-state index in [1.807, 2.05) is 36.1 Å². The number of benzene rings is 1. The molecule has 0 spiro atoms. The number of hydrogen-bond donors (Lipinski definition) is 0. The topological polar surface area (TPSA) is 49.3 Å². The van der Waals surface area contributed by atoms with Crippen LogP contribution in [0.2, 0.25) is 5.02 Å². The number of aromatic nitrogens is 2. The maximum atomic E-state index is 13.3. The Kier molecular flexibility index (Phi) is 5.30. The minimum atomic E-state index is 0.0627. The standard InChI is InChI=1S/C21H25ClN4O/c1-15-7-10-23-21(24-15)25-12-8-16(9-13-25)20(27)26-11-3-2-4-17-14-18(22)5-6-19(17)26/h5-7,10,14,16H,2-4,8-9,11-13H2,1H3. The third-order valence-electron chi connectivity index (χ3n) is 5.59. The Balaban J connectivity index is 1.47. The Hall–Kier alpha value is -2.14. The molecular weight excluding hydrogens is 360 g/mol. The van der Waals surface area contributed by atoms with Crippen molar-refractivity contribution in [1.82, 2.24) is 9.97 Å². The van der Waals surface area contributed by atoms with Gasteiger partial charge in [0.05, 0.1) is 0 Å². The number of carbonyl (C=O) groups is 1. The Labute approximate surface area is 165 Å². The number of amides is 1. The van der Waals surface area contributed by atoms with Crippen LogP contribution >= 0.6 is 11.6 Å². The van der Waals surface area contributed by atoms with Gasteiger partial charge < -0.3 is 9.80 Å². The molecule has 5 nitrogen and oxygen atoms in total. The van der Waals surface area contributed by atoms with Crippen molar-refractivity contribution in [2.75, 3.05) is 29.4 Å². The molecule has 0 unspecified atom stereocenters. The number of fused-ring (bicyclic) bond motifs is 1. The molecule has 0 atom stereocenters. The molecule has 0 radical (unpaired) electrons. The maximum Gasteiger partial charge on any atom is 0.230 e. The van der Waals surface area contributed by atoms with Crippen LogP contribution in [-0.4, -0.2) is 35.5 Å². The van der Waals surface area contributed by atoms with Crippen molar-refractivity contribution in [3.8, 4) is 0 Å². The highest BCUT2D eigenvalue weighted by atomic mass is 35.5. The summed E-state index contributed by atoms with van der Waals surface area (Å²) in [5.74, 6) is 1.09. The quantitative estimate of drug-likeness (QED) is 0.784. The molecule has 1 amide bonds. The first-order valence-corrected chi connectivity index (χ1v) is 10.1. The number of anilines is 2. The zero-order valence-corrected chi connectivity index (χ0v) is 16.5. The van der Waals surface area contributed by atoms with Crippen LogP contribution in [0.5, 0.6) is 0 Å². The third-order valence-corrected chi connectivity index (χ3v) is 5.82. The van der Waals surface area contributed by atoms with Crippen molar-refractivity contribution in [2.45, 2.75) is 39.0 Å². The third kappa shape index (κ3) is 3.93. The highest BCUT2D eigenvalue weighted by Crippen LogP contribution is 2.32. The summed E-state index contributed by atoms with van der Waals surface area (Å²) in [4.78, 5) is 26.4. The summed E-state index contributed by atoms with van der Waals surface area (Å²) in [6, 6.07) is 7.82. The van der Waals surface area contributed by atoms with Gasteiger partial charge in [-0.05, 0) is 68.9 Å². The summed E-state index contributed by atoms with van der Waals surface area (Å²) in [5.41, 5.74) is 3.21. The molecule has 2 aromatic rings. The van der Waals surface area contributed by atoms with Gasteiger partial charge in [-0.25, -0.2) is 9.97 Å². The summed E-state index contributed by atoms with van der Waals surface area (Å²) in [6.07, 6.45) is 6.61. The van der Waals surface area contributed by atoms with E-state index in [1.165, 1.54) is 5.56 Å². The highest BCUT2D eigenvalue weighted by molar-refractivity contribution is 6.30. The van der Waals surface area contributed by atoms with E-state index in [2.05, 4.69) is 14.9 Å². The first kappa shape index (κ1) is 18.2. The van der Waals surface area contributed by atoms with Crippen molar-refractivity contribution < 1.29 is 4.79 Å². The number of hydrogen-bond acceptors (Lipinski definition) is 4. The first-order chi connectivity index (χ1) is 13.1. The van der Waals surface area contributed by atoms with Crippen LogP contribution < -0.4 is 9.80 Å². The molecule has 0 saturated carbocycles. The number of carbonyl (C=O) groups excluding carboxylic acids is 1. The minimum absolute atomic E-state index is 0.0627. The second-order valence-electron chi connectivity index (χ2n) is 7.48. The number of halogens is 1. The fourth-order valence-electron chi connectivity index (χ4n) is 4.09. The van der Waals surface area contributed by atoms with Gasteiger partial charge in [-0.15, -0.1) is 0 Å². The average Bonchev–Trinajstić information content (AvgIpc) is 2.89. The average molecular weight is 385 g/mol. The minimum Gasteiger partial charge on any atom is -0.341 e. The van der Waals surface area contributed by atoms with Crippen molar-refractivity contribution in [2.24, 2.45) is 5.92 Å². The predicted molar refractivity (Wildman–Crippen MR) is 108 cm³/mol. The Bertz CT molecular complexity index is 833. The molecule has 1 fully saturated rings. The van der Waals surface area contributed by atoms with Gasteiger partial charge in [0.2, 0.25) is 11.9 Å². The van der Waals surface area contributed by atoms with E-state index in [0.717, 1.165) is 74.1 Å². The van der Waals surface area contributed by atoms with E-state index in [-0.39, 0.29) is 11.8 Å². The van der Waals surface area contributed by atoms with Gasteiger partial charge in [-0.3, -0.25) is 4.79 Å². The lowest BCUT2D eigenvalue weighted by Crippen LogP contribution is -2.43. The van der Waals surface area contributed by atoms with Gasteiger partial charge in [0.15, 0.2) is 0 Å². The molecule has 0 N–H and O–H groups in total. The van der Waals surface area contributed by atoms with Crippen LogP contribution in [0.3, 0.4) is 0 Å². The fourth-order valence-corrected chi connectivity index (χ4v) is 4.28. The lowest BCUT2D eigenvalue weighted by atomic mass is 9.95. The molecule has 27 heavy (non-hydrogen) atoms. The van der Waals surface area contributed by atoms with E-state index >= 15 is 0 Å². The molecule has 0 bridgehead atoms. The maximum absolute atomic E-state index is 13.3. The van der Waals surface area contributed by atoms with E-state index in [0.29, 0.717) is 0 Å². The van der Waals surface area contributed by atoms with Crippen LogP contribution in [0.1, 0.15) is 36.9 Å². The molecule has 2 aliphatic heterocycles. The Morgan fingerprint density at radius 1 is 1.15 bits per heavy atom. The Morgan fingerprint density at radius 3 is 2.74 bits per heavy atom. The van der Waals surface area contributed by atoms with Crippen molar-refractivity contribution in [3.63, 3.8) is 0 Å². The number of piperidine rings is 1. The van der Waals surface area contributed by atoms with Gasteiger partial charge in [0.1, 0.15) is 0 Å². The smallest absolute Gasteiger partial charge is 0.230 e. The van der Waals surface area contributed by atoms with Gasteiger partial charge in [-0.2, -0.15) is 0 Å². The summed E-state index contributed by atoms with van der Waals surface area (Å²) >= 11 is 6.17. The molecule has 3 heterocycles. The van der Waals surface area contributed by atoms with Gasteiger partial charge in [0, 0.05) is 48.2 Å². The van der Waals surface area contributed by atoms with Crippen molar-refractivity contribution in [1.29, 1.82) is 0 Å². The normalized spacial score (nSPS) is 18.1. The summed E-state index contributed by atoms with van der Waals surface area (Å²) < 4.78 is 0. The lowest BCUT2D eigenvalue weighted by molar-refractivity contribution is -0.123. The molecule has 1 aromatic heterocycles. The molecule has 1 saturated heterocycles. The molecule has 1 aromatic carbocycles. The summed E-state index contributed by atoms with van der Waals surface area (Å²) in [5, 5.41) is 0.745. The molecule has 142 valence electrons. The number of rotatable bonds is 2. The second kappa shape index (κ2) is 7.85. The zero-order valence-electron chi connectivity index (χ0n) is 15.7. The predicted octanol–water partition coefficient (Wildman–Crippen LogP) is 4.02. The second-order valence-corrected chi connectivity index (χ2v) is 7.92. The van der Waals surface area contributed by atoms with Gasteiger partial charge >= 0.3 is 0 Å². The largest absolute Gasteiger partial charge is 0.341 e. The monoisotopic (exact) mass is 384 g/mol. The van der Waals surface area contributed by atoms with Crippen molar-refractivity contribution >= 4 is 29.1 Å². The van der Waals surface area contributed by atoms with Crippen LogP contribution in [0.4, 0.5) is 11.6 Å². The SMILES string of the molecule is Cc1ccnc(N2CCC(C(=O)N3CCCCc4cc(Cl)ccc43)CC2)n1. The lowest BCUT2D eigenvalue weighted by Gasteiger charge is -2.34. The zero-order chi connectivity index (χ0) is 18.8. The van der Waals surface area contributed by atoms with E-state index in [1.54, 1.807) is 6.20 Å². The molecule has 4 rings (SSSR count). The van der Waals surface area contributed by atoms with Crippen LogP contribution in [0, 0.1) is 12.8 Å². The van der Waals surface area contributed by atoms with Gasteiger partial charge in [-0.1, -0.05) is 11.6 Å². The van der Waals surface area contributed by atoms with Gasteiger partial charge in [0.25, 0.3) is 0 Å². The summed E-state index contributed by atoms with van der Waals surface area (Å²) in [6.45, 7) is 4.42. The summed E-state index contributed by atoms with van der Waals surface area (Å²) in [7, 11) is 0. The molecule has 0 aliphatic carbocycles. The number of nitrogens with zero attached hydrogens (tertiary/aromatic N) is 4. The fraction of sp³-hybridized carbons (Fsp3) is 0.476. The van der Waals surface area contributed by atoms with E-state index in [4.69, 9.17) is 11.6 Å². The molecular formula is C21H25ClN4O. The Morgan fingerprint density at radius 2 is 1.96 bits per heavy atom.